The summed E-state index contributed by atoms with van der Waals surface area (Å²) < 4.78 is 9.36. The number of hydrogen-bond donors (Lipinski definition) is 4. The summed E-state index contributed by atoms with van der Waals surface area (Å²) in [6, 6.07) is 5.35. The van der Waals surface area contributed by atoms with Crippen LogP contribution in [0, 0.1) is 0 Å². The molecule has 164 valence electrons. The number of carbonyl (C=O) groups excluding carboxylic acids is 1. The third-order valence-corrected chi connectivity index (χ3v) is 4.95. The Kier molecular flexibility index (Phi) is 6.44. The van der Waals surface area contributed by atoms with E-state index < -0.39 is 18.5 Å². The van der Waals surface area contributed by atoms with Crippen molar-refractivity contribution in [3.63, 3.8) is 0 Å². The van der Waals surface area contributed by atoms with Gasteiger partial charge < -0.3 is 26.6 Å². The topological polar surface area (TPSA) is 162 Å². The van der Waals surface area contributed by atoms with Crippen molar-refractivity contribution in [2.75, 3.05) is 18.1 Å². The van der Waals surface area contributed by atoms with Crippen LogP contribution in [0.5, 0.6) is 5.75 Å². The van der Waals surface area contributed by atoms with E-state index in [1.165, 1.54) is 0 Å². The number of ether oxygens (including phenoxy) is 1. The maximum atomic E-state index is 12.6. The molecule has 1 amide bonds. The van der Waals surface area contributed by atoms with Gasteiger partial charge in [-0.05, 0) is 26.0 Å². The number of rotatable bonds is 8. The van der Waals surface area contributed by atoms with Crippen LogP contribution in [-0.2, 0) is 24.4 Å². The lowest BCUT2D eigenvalue weighted by molar-refractivity contribution is -0.676. The Balaban J connectivity index is 1.93. The number of benzene rings is 1. The van der Waals surface area contributed by atoms with E-state index in [-0.39, 0.29) is 29.0 Å². The quantitative estimate of drug-likeness (QED) is 0.370. The lowest BCUT2D eigenvalue weighted by Crippen LogP contribution is -2.40. The number of aliphatic carboxylic acids is 1. The van der Waals surface area contributed by atoms with Crippen LogP contribution in [0.15, 0.2) is 18.2 Å². The Morgan fingerprint density at radius 1 is 1.26 bits per heavy atom. The van der Waals surface area contributed by atoms with Crippen molar-refractivity contribution in [3.05, 3.63) is 34.9 Å². The summed E-state index contributed by atoms with van der Waals surface area (Å²) in [5.41, 5.74) is 13.0. The van der Waals surface area contributed by atoms with Crippen LogP contribution in [0.4, 0.5) is 11.6 Å². The second-order valence-corrected chi connectivity index (χ2v) is 6.91. The molecule has 0 radical (unpaired) electrons. The zero-order chi connectivity index (χ0) is 22.7. The largest absolute Gasteiger partial charge is 0.482 e. The number of carboxylic acids is 1. The smallest absolute Gasteiger partial charge is 0.341 e. The van der Waals surface area contributed by atoms with E-state index in [1.54, 1.807) is 12.1 Å². The van der Waals surface area contributed by atoms with E-state index in [1.807, 2.05) is 29.0 Å². The number of hydrogen-bond acceptors (Lipinski definition) is 7. The average molecular weight is 449 g/mol. The fourth-order valence-electron chi connectivity index (χ4n) is 3.35. The molecule has 2 aromatic heterocycles. The number of carbonyl (C=O) groups is 2. The van der Waals surface area contributed by atoms with Crippen LogP contribution >= 0.6 is 11.6 Å². The molecule has 0 bridgehead atoms. The number of aryl methyl sites for hydroxylation is 2. The summed E-state index contributed by atoms with van der Waals surface area (Å²) >= 11 is 5.86. The monoisotopic (exact) mass is 448 g/mol. The molecule has 0 aliphatic heterocycles. The van der Waals surface area contributed by atoms with Crippen molar-refractivity contribution < 1.29 is 24.0 Å². The third-order valence-electron chi connectivity index (χ3n) is 4.67. The van der Waals surface area contributed by atoms with Crippen LogP contribution < -0.4 is 26.1 Å². The lowest BCUT2D eigenvalue weighted by Gasteiger charge is -2.08. The number of nitrogens with zero attached hydrogens (tertiary/aromatic N) is 4. The van der Waals surface area contributed by atoms with Gasteiger partial charge in [-0.2, -0.15) is 0 Å². The second-order valence-electron chi connectivity index (χ2n) is 6.55. The van der Waals surface area contributed by atoms with Crippen LogP contribution in [-0.4, -0.2) is 38.1 Å². The zero-order valence-electron chi connectivity index (χ0n) is 17.1. The fraction of sp³-hybridized carbons (Fsp3) is 0.316. The van der Waals surface area contributed by atoms with Gasteiger partial charge in [0.2, 0.25) is 0 Å². The number of imidazole rings is 1. The molecule has 0 aliphatic carbocycles. The Bertz CT molecular complexity index is 1160. The summed E-state index contributed by atoms with van der Waals surface area (Å²) in [4.78, 5) is 31.2. The molecule has 3 aromatic rings. The number of nitrogens with one attached hydrogen (secondary N) is 1. The van der Waals surface area contributed by atoms with Gasteiger partial charge in [0.25, 0.3) is 11.7 Å². The highest BCUT2D eigenvalue weighted by atomic mass is 35.5. The minimum atomic E-state index is -1.05. The second kappa shape index (κ2) is 9.04. The summed E-state index contributed by atoms with van der Waals surface area (Å²) in [5, 5.41) is 11.5. The molecule has 31 heavy (non-hydrogen) atoms. The predicted octanol–water partition coefficient (Wildman–Crippen LogP) is 0.970. The third kappa shape index (κ3) is 4.45. The van der Waals surface area contributed by atoms with Crippen molar-refractivity contribution in [2.45, 2.75) is 33.5 Å². The standard InChI is InChI=1S/C19H22ClN7O4/c1-3-26-11-6-5-10(31-9-14(28)29)7-12(11)27(4-2)13(26)8-23-19(30)15-17(21)25-18(22)16(20)24-15/h5-7H,3-4,8-9H2,1-2H3,(H5-,21,22,23,25,28,29,30)/p+1. The maximum Gasteiger partial charge on any atom is 0.341 e. The number of halogens is 1. The first-order valence-electron chi connectivity index (χ1n) is 9.53. The number of carboxylic acid groups (broad SMARTS) is 1. The lowest BCUT2D eigenvalue weighted by atomic mass is 10.3. The molecule has 0 saturated heterocycles. The summed E-state index contributed by atoms with van der Waals surface area (Å²) in [7, 11) is 0. The number of fused-ring (bicyclic) bond motifs is 1. The zero-order valence-corrected chi connectivity index (χ0v) is 17.8. The first kappa shape index (κ1) is 22.1. The number of amides is 1. The first-order valence-corrected chi connectivity index (χ1v) is 9.90. The molecular weight excluding hydrogens is 426 g/mol. The van der Waals surface area contributed by atoms with Crippen LogP contribution in [0.2, 0.25) is 5.15 Å². The van der Waals surface area contributed by atoms with Gasteiger partial charge in [0, 0.05) is 6.07 Å². The normalized spacial score (nSPS) is 10.9. The summed E-state index contributed by atoms with van der Waals surface area (Å²) in [5.74, 6) is -0.473. The van der Waals surface area contributed by atoms with Crippen LogP contribution in [0.3, 0.4) is 0 Å². The van der Waals surface area contributed by atoms with Crippen molar-refractivity contribution in [2.24, 2.45) is 0 Å². The van der Waals surface area contributed by atoms with E-state index in [0.29, 0.717) is 18.8 Å². The van der Waals surface area contributed by atoms with Crippen molar-refractivity contribution in [1.29, 1.82) is 0 Å². The predicted molar refractivity (Wildman–Crippen MR) is 114 cm³/mol. The number of nitrogen functional groups attached to an aromatic ring is 2. The van der Waals surface area contributed by atoms with Crippen LogP contribution in [0.25, 0.3) is 11.0 Å². The molecule has 0 unspecified atom stereocenters. The molecule has 3 rings (SSSR count). The molecule has 12 heteroatoms. The Labute approximate surface area is 182 Å². The number of nitrogens with two attached hydrogens (primary N) is 2. The van der Waals surface area contributed by atoms with Gasteiger partial charge >= 0.3 is 5.97 Å². The van der Waals surface area contributed by atoms with Crippen molar-refractivity contribution in [1.82, 2.24) is 19.9 Å². The molecule has 0 fully saturated rings. The Morgan fingerprint density at radius 2 is 2.00 bits per heavy atom. The van der Waals surface area contributed by atoms with Crippen molar-refractivity contribution >= 4 is 46.1 Å². The fourth-order valence-corrected chi connectivity index (χ4v) is 3.48. The summed E-state index contributed by atoms with van der Waals surface area (Å²) in [6.45, 7) is 4.99. The van der Waals surface area contributed by atoms with E-state index in [2.05, 4.69) is 15.3 Å². The molecule has 1 aromatic carbocycles. The van der Waals surface area contributed by atoms with Crippen molar-refractivity contribution in [3.8, 4) is 5.75 Å². The number of aromatic nitrogens is 4. The van der Waals surface area contributed by atoms with Gasteiger partial charge in [0.05, 0.1) is 13.1 Å². The van der Waals surface area contributed by atoms with Gasteiger partial charge in [-0.15, -0.1) is 0 Å². The molecule has 0 aliphatic rings. The van der Waals surface area contributed by atoms with Gasteiger partial charge in [-0.1, -0.05) is 11.6 Å². The van der Waals surface area contributed by atoms with Gasteiger partial charge in [-0.25, -0.2) is 23.9 Å². The molecule has 0 atom stereocenters. The Hall–Kier alpha value is -3.60. The average Bonchev–Trinajstić information content (AvgIpc) is 3.04. The van der Waals surface area contributed by atoms with Gasteiger partial charge in [-0.3, -0.25) is 4.79 Å². The van der Waals surface area contributed by atoms with E-state index in [4.69, 9.17) is 32.9 Å². The maximum absolute atomic E-state index is 12.6. The van der Waals surface area contributed by atoms with E-state index in [0.717, 1.165) is 16.9 Å². The van der Waals surface area contributed by atoms with Gasteiger partial charge in [0.15, 0.2) is 40.1 Å². The van der Waals surface area contributed by atoms with E-state index in [9.17, 15) is 9.59 Å². The molecular formula is C19H23ClN7O4+. The molecule has 11 nitrogen and oxygen atoms in total. The minimum Gasteiger partial charge on any atom is -0.482 e. The minimum absolute atomic E-state index is 0.0495. The highest BCUT2D eigenvalue weighted by Crippen LogP contribution is 2.22. The highest BCUT2D eigenvalue weighted by Gasteiger charge is 2.25. The Morgan fingerprint density at radius 3 is 2.65 bits per heavy atom. The van der Waals surface area contributed by atoms with Crippen LogP contribution in [0.1, 0.15) is 30.2 Å². The molecule has 0 saturated carbocycles. The molecule has 2 heterocycles. The molecule has 0 spiro atoms. The van der Waals surface area contributed by atoms with E-state index >= 15 is 0 Å². The SMILES string of the molecule is CCn1c(CNC(=O)c2nc(Cl)c(N)nc2N)[n+](CC)c2ccc(OCC(=O)O)cc21. The van der Waals surface area contributed by atoms with Gasteiger partial charge in [0.1, 0.15) is 12.3 Å². The summed E-state index contributed by atoms with van der Waals surface area (Å²) in [6.07, 6.45) is 0. The number of anilines is 2. The molecule has 6 N–H and O–H groups in total. The first-order chi connectivity index (χ1) is 14.8. The highest BCUT2D eigenvalue weighted by molar-refractivity contribution is 6.31.